The number of rotatable bonds is 7. The maximum absolute atomic E-state index is 11.9. The fourth-order valence-electron chi connectivity index (χ4n) is 2.17. The Balaban J connectivity index is 1.53. The highest BCUT2D eigenvalue weighted by Crippen LogP contribution is 2.18. The van der Waals surface area contributed by atoms with E-state index in [9.17, 15) is 9.59 Å². The second-order valence-electron chi connectivity index (χ2n) is 5.63. The van der Waals surface area contributed by atoms with Gasteiger partial charge in [-0.1, -0.05) is 47.6 Å². The molecule has 0 aliphatic heterocycles. The molecule has 2 aromatic heterocycles. The van der Waals surface area contributed by atoms with Crippen LogP contribution in [0.25, 0.3) is 11.4 Å². The van der Waals surface area contributed by atoms with Crippen LogP contribution in [-0.2, 0) is 11.3 Å². The standard InChI is InChI=1S/C16H16N6O4/c1-10(15-18-14(20-26-15)11-5-3-2-4-6-11)7-17-13(23)9-22-8-12(16(24)25)19-21-22/h2-6,8,10H,7,9H2,1H3,(H,17,23)(H,24,25). The summed E-state index contributed by atoms with van der Waals surface area (Å²) < 4.78 is 6.41. The first-order valence-electron chi connectivity index (χ1n) is 7.82. The Hall–Kier alpha value is -3.56. The summed E-state index contributed by atoms with van der Waals surface area (Å²) in [6.07, 6.45) is 1.19. The van der Waals surface area contributed by atoms with Crippen molar-refractivity contribution in [2.45, 2.75) is 19.4 Å². The van der Waals surface area contributed by atoms with E-state index in [0.29, 0.717) is 11.7 Å². The number of carbonyl (C=O) groups excluding carboxylic acids is 1. The zero-order valence-corrected chi connectivity index (χ0v) is 13.9. The van der Waals surface area contributed by atoms with E-state index >= 15 is 0 Å². The Labute approximate surface area is 147 Å². The molecule has 3 aromatic rings. The van der Waals surface area contributed by atoms with Gasteiger partial charge in [-0.3, -0.25) is 4.79 Å². The highest BCUT2D eigenvalue weighted by Gasteiger charge is 2.17. The lowest BCUT2D eigenvalue weighted by atomic mass is 10.2. The van der Waals surface area contributed by atoms with Crippen LogP contribution in [-0.4, -0.2) is 48.7 Å². The van der Waals surface area contributed by atoms with Crippen LogP contribution in [0.15, 0.2) is 41.1 Å². The maximum atomic E-state index is 11.9. The van der Waals surface area contributed by atoms with E-state index < -0.39 is 5.97 Å². The molecule has 0 fully saturated rings. The van der Waals surface area contributed by atoms with Gasteiger partial charge >= 0.3 is 5.97 Å². The number of carboxylic acids is 1. The number of hydrogen-bond acceptors (Lipinski definition) is 7. The number of aromatic nitrogens is 5. The number of hydrogen-bond donors (Lipinski definition) is 2. The molecule has 0 aliphatic carbocycles. The number of carboxylic acid groups (broad SMARTS) is 1. The SMILES string of the molecule is CC(CNC(=O)Cn1cc(C(=O)O)nn1)c1nc(-c2ccccc2)no1. The molecule has 1 atom stereocenters. The number of benzene rings is 1. The van der Waals surface area contributed by atoms with Crippen molar-refractivity contribution in [2.75, 3.05) is 6.54 Å². The molecule has 0 saturated carbocycles. The van der Waals surface area contributed by atoms with Crippen molar-refractivity contribution in [3.05, 3.63) is 48.1 Å². The Morgan fingerprint density at radius 1 is 1.31 bits per heavy atom. The minimum atomic E-state index is -1.20. The van der Waals surface area contributed by atoms with Gasteiger partial charge in [-0.25, -0.2) is 9.48 Å². The normalized spacial score (nSPS) is 11.9. The molecule has 0 aliphatic rings. The molecule has 26 heavy (non-hydrogen) atoms. The van der Waals surface area contributed by atoms with E-state index in [1.165, 1.54) is 6.20 Å². The fraction of sp³-hybridized carbons (Fsp3) is 0.250. The molecule has 0 saturated heterocycles. The van der Waals surface area contributed by atoms with Crippen molar-refractivity contribution in [3.8, 4) is 11.4 Å². The smallest absolute Gasteiger partial charge is 0.358 e. The van der Waals surface area contributed by atoms with Gasteiger partial charge in [0, 0.05) is 12.1 Å². The van der Waals surface area contributed by atoms with Crippen LogP contribution in [0, 0.1) is 0 Å². The number of amides is 1. The predicted octanol–water partition coefficient (Wildman–Crippen LogP) is 0.946. The summed E-state index contributed by atoms with van der Waals surface area (Å²) in [6.45, 7) is 2.00. The molecule has 2 N–H and O–H groups in total. The van der Waals surface area contributed by atoms with E-state index in [2.05, 4.69) is 25.8 Å². The summed E-state index contributed by atoms with van der Waals surface area (Å²) in [7, 11) is 0. The second kappa shape index (κ2) is 7.55. The molecule has 134 valence electrons. The number of nitrogens with zero attached hydrogens (tertiary/aromatic N) is 5. The van der Waals surface area contributed by atoms with Crippen LogP contribution >= 0.6 is 0 Å². The van der Waals surface area contributed by atoms with Gasteiger partial charge in [-0.05, 0) is 0 Å². The third kappa shape index (κ3) is 4.09. The molecule has 10 heteroatoms. The molecule has 1 unspecified atom stereocenters. The molecule has 3 rings (SSSR count). The minimum absolute atomic E-state index is 0.133. The van der Waals surface area contributed by atoms with E-state index in [1.54, 1.807) is 0 Å². The molecule has 1 amide bonds. The van der Waals surface area contributed by atoms with Gasteiger partial charge < -0.3 is 14.9 Å². The Morgan fingerprint density at radius 2 is 2.08 bits per heavy atom. The third-order valence-electron chi connectivity index (χ3n) is 3.56. The summed E-state index contributed by atoms with van der Waals surface area (Å²) in [5.74, 6) is -0.813. The summed E-state index contributed by atoms with van der Waals surface area (Å²) in [6, 6.07) is 9.43. The first kappa shape index (κ1) is 17.3. The van der Waals surface area contributed by atoms with Gasteiger partial charge in [0.15, 0.2) is 5.69 Å². The molecular weight excluding hydrogens is 340 g/mol. The monoisotopic (exact) mass is 356 g/mol. The van der Waals surface area contributed by atoms with Crippen molar-refractivity contribution in [3.63, 3.8) is 0 Å². The molecular formula is C16H16N6O4. The van der Waals surface area contributed by atoms with E-state index in [1.807, 2.05) is 37.3 Å². The fourth-order valence-corrected chi connectivity index (χ4v) is 2.17. The molecule has 0 radical (unpaired) electrons. The summed E-state index contributed by atoms with van der Waals surface area (Å²) in [5, 5.41) is 22.5. The van der Waals surface area contributed by atoms with E-state index in [0.717, 1.165) is 10.2 Å². The van der Waals surface area contributed by atoms with Crippen LogP contribution in [0.3, 0.4) is 0 Å². The van der Waals surface area contributed by atoms with Crippen LogP contribution in [0.4, 0.5) is 0 Å². The Kier molecular flexibility index (Phi) is 5.02. The van der Waals surface area contributed by atoms with Crippen LogP contribution in [0.2, 0.25) is 0 Å². The van der Waals surface area contributed by atoms with Crippen LogP contribution in [0.5, 0.6) is 0 Å². The number of carbonyl (C=O) groups is 2. The van der Waals surface area contributed by atoms with Crippen molar-refractivity contribution in [1.29, 1.82) is 0 Å². The number of aromatic carboxylic acids is 1. The van der Waals surface area contributed by atoms with Crippen LogP contribution < -0.4 is 5.32 Å². The van der Waals surface area contributed by atoms with Crippen molar-refractivity contribution >= 4 is 11.9 Å². The van der Waals surface area contributed by atoms with Gasteiger partial charge in [-0.2, -0.15) is 4.98 Å². The average Bonchev–Trinajstić information content (AvgIpc) is 3.30. The van der Waals surface area contributed by atoms with Gasteiger partial charge in [0.1, 0.15) is 6.54 Å². The second-order valence-corrected chi connectivity index (χ2v) is 5.63. The first-order chi connectivity index (χ1) is 12.5. The minimum Gasteiger partial charge on any atom is -0.476 e. The topological polar surface area (TPSA) is 136 Å². The van der Waals surface area contributed by atoms with Crippen molar-refractivity contribution in [2.24, 2.45) is 0 Å². The third-order valence-corrected chi connectivity index (χ3v) is 3.56. The highest BCUT2D eigenvalue weighted by atomic mass is 16.5. The lowest BCUT2D eigenvalue weighted by Gasteiger charge is -2.08. The summed E-state index contributed by atoms with van der Waals surface area (Å²) in [4.78, 5) is 27.0. The summed E-state index contributed by atoms with van der Waals surface area (Å²) >= 11 is 0. The van der Waals surface area contributed by atoms with Gasteiger partial charge in [0.05, 0.1) is 12.1 Å². The van der Waals surface area contributed by atoms with Crippen molar-refractivity contribution < 1.29 is 19.2 Å². The molecule has 0 spiro atoms. The van der Waals surface area contributed by atoms with E-state index in [4.69, 9.17) is 9.63 Å². The quantitative estimate of drug-likeness (QED) is 0.638. The van der Waals surface area contributed by atoms with Crippen LogP contribution in [0.1, 0.15) is 29.2 Å². The zero-order valence-electron chi connectivity index (χ0n) is 13.9. The predicted molar refractivity (Wildman–Crippen MR) is 88.1 cm³/mol. The van der Waals surface area contributed by atoms with Crippen molar-refractivity contribution in [1.82, 2.24) is 30.5 Å². The molecule has 0 bridgehead atoms. The molecule has 2 heterocycles. The highest BCUT2D eigenvalue weighted by molar-refractivity contribution is 5.84. The lowest BCUT2D eigenvalue weighted by molar-refractivity contribution is -0.121. The van der Waals surface area contributed by atoms with Gasteiger partial charge in [-0.15, -0.1) is 5.10 Å². The Morgan fingerprint density at radius 3 is 2.77 bits per heavy atom. The molecule has 10 nitrogen and oxygen atoms in total. The van der Waals surface area contributed by atoms with Gasteiger partial charge in [0.2, 0.25) is 17.6 Å². The zero-order chi connectivity index (χ0) is 18.5. The summed E-state index contributed by atoms with van der Waals surface area (Å²) in [5.41, 5.74) is 0.629. The average molecular weight is 356 g/mol. The van der Waals surface area contributed by atoms with E-state index in [-0.39, 0.29) is 30.6 Å². The molecule has 1 aromatic carbocycles. The largest absolute Gasteiger partial charge is 0.476 e. The van der Waals surface area contributed by atoms with Gasteiger partial charge in [0.25, 0.3) is 0 Å². The first-order valence-corrected chi connectivity index (χ1v) is 7.82. The maximum Gasteiger partial charge on any atom is 0.358 e. The lowest BCUT2D eigenvalue weighted by Crippen LogP contribution is -2.31. The Bertz CT molecular complexity index is 904. The number of nitrogens with one attached hydrogen (secondary N) is 1.